The van der Waals surface area contributed by atoms with Gasteiger partial charge in [-0.25, -0.2) is 0 Å². The number of methoxy groups -OCH3 is 2. The molecule has 0 aromatic heterocycles. The standard InChI is InChI=1S/C8H10N2O4/c1-13-7-4-8(14-2)6(10(11)12)3-5(7)9/h3-4H,9H2,1-2H3. The summed E-state index contributed by atoms with van der Waals surface area (Å²) in [6, 6.07) is 2.59. The maximum Gasteiger partial charge on any atom is 0.313 e. The van der Waals surface area contributed by atoms with E-state index in [0.717, 1.165) is 0 Å². The highest BCUT2D eigenvalue weighted by atomic mass is 16.6. The summed E-state index contributed by atoms with van der Waals surface area (Å²) in [4.78, 5) is 10.0. The summed E-state index contributed by atoms with van der Waals surface area (Å²) in [5.74, 6) is 0.480. The maximum atomic E-state index is 10.6. The van der Waals surface area contributed by atoms with Crippen LogP contribution in [0.25, 0.3) is 0 Å². The average Bonchev–Trinajstić information content (AvgIpc) is 2.17. The molecule has 0 radical (unpaired) electrons. The first-order chi connectivity index (χ1) is 6.60. The van der Waals surface area contributed by atoms with Crippen LogP contribution in [0.1, 0.15) is 0 Å². The van der Waals surface area contributed by atoms with Crippen LogP contribution in [0.3, 0.4) is 0 Å². The van der Waals surface area contributed by atoms with Gasteiger partial charge in [0.05, 0.1) is 24.8 Å². The summed E-state index contributed by atoms with van der Waals surface area (Å²) in [7, 11) is 2.77. The largest absolute Gasteiger partial charge is 0.494 e. The van der Waals surface area contributed by atoms with Gasteiger partial charge in [-0.15, -0.1) is 0 Å². The summed E-state index contributed by atoms with van der Waals surface area (Å²) in [6.07, 6.45) is 0. The first-order valence-corrected chi connectivity index (χ1v) is 3.76. The van der Waals surface area contributed by atoms with Gasteiger partial charge in [0.25, 0.3) is 0 Å². The molecule has 0 bridgehead atoms. The van der Waals surface area contributed by atoms with E-state index in [0.29, 0.717) is 5.75 Å². The summed E-state index contributed by atoms with van der Waals surface area (Å²) in [6.45, 7) is 0. The molecule has 0 aliphatic rings. The first-order valence-electron chi connectivity index (χ1n) is 3.76. The maximum absolute atomic E-state index is 10.6. The number of benzene rings is 1. The molecule has 6 nitrogen and oxygen atoms in total. The van der Waals surface area contributed by atoms with E-state index in [1.165, 1.54) is 26.4 Å². The van der Waals surface area contributed by atoms with E-state index < -0.39 is 4.92 Å². The van der Waals surface area contributed by atoms with E-state index in [-0.39, 0.29) is 17.1 Å². The number of nitro groups is 1. The van der Waals surface area contributed by atoms with Crippen molar-refractivity contribution in [3.63, 3.8) is 0 Å². The van der Waals surface area contributed by atoms with Crippen molar-refractivity contribution in [2.45, 2.75) is 0 Å². The number of hydrogen-bond acceptors (Lipinski definition) is 5. The fourth-order valence-corrected chi connectivity index (χ4v) is 1.05. The van der Waals surface area contributed by atoms with E-state index in [2.05, 4.69) is 0 Å². The number of hydrogen-bond donors (Lipinski definition) is 1. The molecule has 0 atom stereocenters. The van der Waals surface area contributed by atoms with E-state index in [9.17, 15) is 10.1 Å². The molecular formula is C8H10N2O4. The molecule has 1 rings (SSSR count). The third-order valence-electron chi connectivity index (χ3n) is 1.73. The summed E-state index contributed by atoms with van der Waals surface area (Å²) < 4.78 is 9.72. The van der Waals surface area contributed by atoms with Crippen LogP contribution in [-0.4, -0.2) is 19.1 Å². The lowest BCUT2D eigenvalue weighted by molar-refractivity contribution is -0.385. The molecule has 0 fully saturated rings. The number of nitrogens with zero attached hydrogens (tertiary/aromatic N) is 1. The molecular weight excluding hydrogens is 188 g/mol. The number of anilines is 1. The highest BCUT2D eigenvalue weighted by Crippen LogP contribution is 2.35. The van der Waals surface area contributed by atoms with E-state index >= 15 is 0 Å². The van der Waals surface area contributed by atoms with Crippen molar-refractivity contribution in [2.75, 3.05) is 20.0 Å². The lowest BCUT2D eigenvalue weighted by Gasteiger charge is -2.07. The Morgan fingerprint density at radius 1 is 1.29 bits per heavy atom. The zero-order valence-corrected chi connectivity index (χ0v) is 7.81. The minimum absolute atomic E-state index is 0.126. The number of rotatable bonds is 3. The van der Waals surface area contributed by atoms with Gasteiger partial charge >= 0.3 is 5.69 Å². The minimum Gasteiger partial charge on any atom is -0.494 e. The van der Waals surface area contributed by atoms with Gasteiger partial charge in [0.2, 0.25) is 5.75 Å². The molecule has 0 spiro atoms. The molecule has 1 aromatic rings. The zero-order chi connectivity index (χ0) is 10.7. The second-order valence-corrected chi connectivity index (χ2v) is 2.52. The Balaban J connectivity index is 3.31. The lowest BCUT2D eigenvalue weighted by Crippen LogP contribution is -1.98. The van der Waals surface area contributed by atoms with Gasteiger partial charge in [-0.2, -0.15) is 0 Å². The van der Waals surface area contributed by atoms with Crippen LogP contribution in [0, 0.1) is 10.1 Å². The predicted octanol–water partition coefficient (Wildman–Crippen LogP) is 1.19. The molecule has 0 aliphatic heterocycles. The molecule has 0 aliphatic carbocycles. The molecule has 14 heavy (non-hydrogen) atoms. The molecule has 0 unspecified atom stereocenters. The second kappa shape index (κ2) is 3.82. The highest BCUT2D eigenvalue weighted by Gasteiger charge is 2.17. The van der Waals surface area contributed by atoms with Gasteiger partial charge in [-0.1, -0.05) is 0 Å². The monoisotopic (exact) mass is 198 g/mol. The highest BCUT2D eigenvalue weighted by molar-refractivity contribution is 5.64. The normalized spacial score (nSPS) is 9.57. The van der Waals surface area contributed by atoms with Crippen molar-refractivity contribution in [1.82, 2.24) is 0 Å². The predicted molar refractivity (Wildman–Crippen MR) is 50.6 cm³/mol. The van der Waals surface area contributed by atoms with Gasteiger partial charge in [0.15, 0.2) is 0 Å². The topological polar surface area (TPSA) is 87.6 Å². The summed E-state index contributed by atoms with van der Waals surface area (Å²) in [5.41, 5.74) is 5.54. The fourth-order valence-electron chi connectivity index (χ4n) is 1.05. The summed E-state index contributed by atoms with van der Waals surface area (Å²) >= 11 is 0. The van der Waals surface area contributed by atoms with E-state index in [1.54, 1.807) is 0 Å². The van der Waals surface area contributed by atoms with E-state index in [1.807, 2.05) is 0 Å². The van der Waals surface area contributed by atoms with Crippen LogP contribution in [0.4, 0.5) is 11.4 Å². The van der Waals surface area contributed by atoms with E-state index in [4.69, 9.17) is 15.2 Å². The van der Waals surface area contributed by atoms with Gasteiger partial charge in [0, 0.05) is 12.1 Å². The Kier molecular flexibility index (Phi) is 2.76. The van der Waals surface area contributed by atoms with Crippen molar-refractivity contribution in [3.8, 4) is 11.5 Å². The quantitative estimate of drug-likeness (QED) is 0.447. The van der Waals surface area contributed by atoms with Gasteiger partial charge in [-0.05, 0) is 0 Å². The van der Waals surface area contributed by atoms with Gasteiger partial charge in [-0.3, -0.25) is 10.1 Å². The Hall–Kier alpha value is -1.98. The van der Waals surface area contributed by atoms with Crippen molar-refractivity contribution in [1.29, 1.82) is 0 Å². The lowest BCUT2D eigenvalue weighted by atomic mass is 10.2. The molecule has 2 N–H and O–H groups in total. The molecule has 0 saturated carbocycles. The van der Waals surface area contributed by atoms with Gasteiger partial charge < -0.3 is 15.2 Å². The molecule has 6 heteroatoms. The molecule has 0 heterocycles. The molecule has 0 saturated heterocycles. The molecule has 76 valence electrons. The van der Waals surface area contributed by atoms with Crippen LogP contribution >= 0.6 is 0 Å². The molecule has 1 aromatic carbocycles. The fraction of sp³-hybridized carbons (Fsp3) is 0.250. The van der Waals surface area contributed by atoms with Crippen molar-refractivity contribution >= 4 is 11.4 Å². The third-order valence-corrected chi connectivity index (χ3v) is 1.73. The smallest absolute Gasteiger partial charge is 0.313 e. The Labute approximate surface area is 80.4 Å². The molecule has 0 amide bonds. The van der Waals surface area contributed by atoms with Crippen molar-refractivity contribution in [3.05, 3.63) is 22.2 Å². The van der Waals surface area contributed by atoms with Crippen LogP contribution < -0.4 is 15.2 Å². The van der Waals surface area contributed by atoms with Crippen LogP contribution in [0.15, 0.2) is 12.1 Å². The number of nitrogen functional groups attached to an aromatic ring is 1. The van der Waals surface area contributed by atoms with Gasteiger partial charge in [0.1, 0.15) is 5.75 Å². The van der Waals surface area contributed by atoms with Crippen molar-refractivity contribution in [2.24, 2.45) is 0 Å². The number of ether oxygens (including phenoxy) is 2. The minimum atomic E-state index is -0.561. The van der Waals surface area contributed by atoms with Crippen LogP contribution in [0.2, 0.25) is 0 Å². The van der Waals surface area contributed by atoms with Crippen molar-refractivity contribution < 1.29 is 14.4 Å². The Morgan fingerprint density at radius 2 is 1.86 bits per heavy atom. The third kappa shape index (κ3) is 1.68. The summed E-state index contributed by atoms with van der Waals surface area (Å²) in [5, 5.41) is 10.6. The second-order valence-electron chi connectivity index (χ2n) is 2.52. The average molecular weight is 198 g/mol. The first kappa shape index (κ1) is 10.1. The number of nitro benzene ring substituents is 1. The zero-order valence-electron chi connectivity index (χ0n) is 7.81. The van der Waals surface area contributed by atoms with Crippen LogP contribution in [0.5, 0.6) is 11.5 Å². The Morgan fingerprint density at radius 3 is 2.29 bits per heavy atom. The Bertz CT molecular complexity index is 365. The number of nitrogens with two attached hydrogens (primary N) is 1. The van der Waals surface area contributed by atoms with Crippen LogP contribution in [-0.2, 0) is 0 Å². The SMILES string of the molecule is COc1cc(OC)c([N+](=O)[O-])cc1N.